The second-order valence-electron chi connectivity index (χ2n) is 5.01. The van der Waals surface area contributed by atoms with E-state index in [-0.39, 0.29) is 6.09 Å². The number of nitrogens with two attached hydrogens (primary N) is 1. The highest BCUT2D eigenvalue weighted by Crippen LogP contribution is 2.18. The Morgan fingerprint density at radius 3 is 2.12 bits per heavy atom. The summed E-state index contributed by atoms with van der Waals surface area (Å²) in [7, 11) is 0. The Labute approximate surface area is 102 Å². The second kappa shape index (κ2) is 6.44. The highest BCUT2D eigenvalue weighted by Gasteiger charge is 2.32. The van der Waals surface area contributed by atoms with E-state index in [1.807, 2.05) is 20.8 Å². The van der Waals surface area contributed by atoms with Crippen molar-refractivity contribution in [1.29, 1.82) is 0 Å². The van der Waals surface area contributed by atoms with Gasteiger partial charge in [0.1, 0.15) is 5.60 Å². The number of hydrogen-bond acceptors (Lipinski definition) is 4. The third-order valence-corrected chi connectivity index (χ3v) is 1.94. The Bertz CT molecular complexity index is 263. The number of nitrogens with zero attached hydrogens (tertiary/aromatic N) is 1. The van der Waals surface area contributed by atoms with Crippen LogP contribution in [-0.4, -0.2) is 47.3 Å². The number of likely N-dealkylation sites (tertiary alicyclic amines) is 1. The number of carbonyl (C=O) groups is 2. The highest BCUT2D eigenvalue weighted by molar-refractivity contribution is 5.69. The third-order valence-electron chi connectivity index (χ3n) is 1.94. The molecular weight excluding hydrogens is 224 g/mol. The standard InChI is InChI=1S/C9H18N2O2.C2H4O2/c1-9(2,3)13-8(12)11-5-7(4-10)6-11;1-2(3)4/h7H,4-6,10H2,1-3H3;1H3,(H,3,4). The number of hydrogen-bond donors (Lipinski definition) is 2. The first-order chi connectivity index (χ1) is 7.65. The molecular formula is C11H22N2O4. The second-order valence-corrected chi connectivity index (χ2v) is 5.01. The predicted molar refractivity (Wildman–Crippen MR) is 63.7 cm³/mol. The van der Waals surface area contributed by atoms with Crippen LogP contribution in [0.4, 0.5) is 4.79 Å². The summed E-state index contributed by atoms with van der Waals surface area (Å²) in [4.78, 5) is 22.0. The summed E-state index contributed by atoms with van der Waals surface area (Å²) in [5, 5.41) is 7.42. The van der Waals surface area contributed by atoms with Crippen molar-refractivity contribution in [1.82, 2.24) is 4.90 Å². The molecule has 100 valence electrons. The fourth-order valence-corrected chi connectivity index (χ4v) is 1.19. The molecule has 0 spiro atoms. The summed E-state index contributed by atoms with van der Waals surface area (Å²) in [5.74, 6) is -0.368. The van der Waals surface area contributed by atoms with Gasteiger partial charge in [-0.1, -0.05) is 0 Å². The van der Waals surface area contributed by atoms with Crippen molar-refractivity contribution < 1.29 is 19.4 Å². The van der Waals surface area contributed by atoms with Gasteiger partial charge in [0.2, 0.25) is 0 Å². The zero-order valence-electron chi connectivity index (χ0n) is 10.9. The van der Waals surface area contributed by atoms with Crippen molar-refractivity contribution in [3.05, 3.63) is 0 Å². The van der Waals surface area contributed by atoms with E-state index in [9.17, 15) is 4.79 Å². The van der Waals surface area contributed by atoms with Crippen molar-refractivity contribution >= 4 is 12.1 Å². The fraction of sp³-hybridized carbons (Fsp3) is 0.818. The van der Waals surface area contributed by atoms with E-state index in [4.69, 9.17) is 20.4 Å². The van der Waals surface area contributed by atoms with Gasteiger partial charge in [-0.2, -0.15) is 0 Å². The Morgan fingerprint density at radius 2 is 1.82 bits per heavy atom. The average molecular weight is 246 g/mol. The normalized spacial score (nSPS) is 15.5. The summed E-state index contributed by atoms with van der Waals surface area (Å²) >= 11 is 0. The first-order valence-corrected chi connectivity index (χ1v) is 5.53. The van der Waals surface area contributed by atoms with E-state index < -0.39 is 11.6 Å². The SMILES string of the molecule is CC(=O)O.CC(C)(C)OC(=O)N1CC(CN)C1. The molecule has 17 heavy (non-hydrogen) atoms. The average Bonchev–Trinajstić information content (AvgIpc) is 1.96. The molecule has 0 aliphatic carbocycles. The highest BCUT2D eigenvalue weighted by atomic mass is 16.6. The number of carboxylic acids is 1. The van der Waals surface area contributed by atoms with Crippen LogP contribution in [0.15, 0.2) is 0 Å². The van der Waals surface area contributed by atoms with E-state index in [1.165, 1.54) is 0 Å². The summed E-state index contributed by atoms with van der Waals surface area (Å²) in [6.45, 7) is 8.82. The molecule has 1 saturated heterocycles. The molecule has 1 heterocycles. The van der Waals surface area contributed by atoms with E-state index in [1.54, 1.807) is 4.90 Å². The molecule has 6 heteroatoms. The number of rotatable bonds is 1. The van der Waals surface area contributed by atoms with Gasteiger partial charge in [0.15, 0.2) is 0 Å². The van der Waals surface area contributed by atoms with Gasteiger partial charge in [-0.3, -0.25) is 4.79 Å². The molecule has 1 amide bonds. The summed E-state index contributed by atoms with van der Waals surface area (Å²) in [6, 6.07) is 0. The predicted octanol–water partition coefficient (Wildman–Crippen LogP) is 0.903. The topological polar surface area (TPSA) is 92.9 Å². The van der Waals surface area contributed by atoms with E-state index in [0.717, 1.165) is 20.0 Å². The van der Waals surface area contributed by atoms with Crippen LogP contribution in [0.2, 0.25) is 0 Å². The largest absolute Gasteiger partial charge is 0.481 e. The molecule has 0 aromatic carbocycles. The van der Waals surface area contributed by atoms with Crippen LogP contribution in [-0.2, 0) is 9.53 Å². The van der Waals surface area contributed by atoms with Crippen molar-refractivity contribution in [2.24, 2.45) is 11.7 Å². The molecule has 0 atom stereocenters. The lowest BCUT2D eigenvalue weighted by Crippen LogP contribution is -2.53. The molecule has 0 bridgehead atoms. The van der Waals surface area contributed by atoms with Gasteiger partial charge in [-0.25, -0.2) is 4.79 Å². The molecule has 1 aliphatic rings. The zero-order valence-corrected chi connectivity index (χ0v) is 10.9. The van der Waals surface area contributed by atoms with Gasteiger partial charge in [-0.05, 0) is 27.3 Å². The summed E-state index contributed by atoms with van der Waals surface area (Å²) < 4.78 is 5.18. The number of ether oxygens (including phenoxy) is 1. The maximum Gasteiger partial charge on any atom is 0.410 e. The third kappa shape index (κ3) is 7.57. The minimum atomic E-state index is -0.833. The van der Waals surface area contributed by atoms with Crippen LogP contribution in [0.5, 0.6) is 0 Å². The number of amides is 1. The Hall–Kier alpha value is -1.30. The Kier molecular flexibility index (Phi) is 5.95. The van der Waals surface area contributed by atoms with Crippen LogP contribution in [0, 0.1) is 5.92 Å². The first kappa shape index (κ1) is 15.7. The van der Waals surface area contributed by atoms with E-state index in [2.05, 4.69) is 0 Å². The maximum atomic E-state index is 11.4. The van der Waals surface area contributed by atoms with Crippen LogP contribution < -0.4 is 5.73 Å². The minimum absolute atomic E-state index is 0.225. The minimum Gasteiger partial charge on any atom is -0.481 e. The smallest absolute Gasteiger partial charge is 0.410 e. The van der Waals surface area contributed by atoms with Crippen molar-refractivity contribution in [3.63, 3.8) is 0 Å². The Morgan fingerprint density at radius 1 is 1.41 bits per heavy atom. The number of aliphatic carboxylic acids is 1. The van der Waals surface area contributed by atoms with Gasteiger partial charge in [0.05, 0.1) is 0 Å². The van der Waals surface area contributed by atoms with Crippen molar-refractivity contribution in [2.45, 2.75) is 33.3 Å². The van der Waals surface area contributed by atoms with Crippen LogP contribution in [0.25, 0.3) is 0 Å². The fourth-order valence-electron chi connectivity index (χ4n) is 1.19. The molecule has 1 aliphatic heterocycles. The first-order valence-electron chi connectivity index (χ1n) is 5.53. The molecule has 1 fully saturated rings. The monoisotopic (exact) mass is 246 g/mol. The lowest BCUT2D eigenvalue weighted by atomic mass is 10.0. The molecule has 0 radical (unpaired) electrons. The summed E-state index contributed by atoms with van der Waals surface area (Å²) in [6.07, 6.45) is -0.225. The molecule has 1 rings (SSSR count). The Balaban J connectivity index is 0.000000557. The van der Waals surface area contributed by atoms with Crippen molar-refractivity contribution in [3.8, 4) is 0 Å². The number of carboxylic acid groups (broad SMARTS) is 1. The van der Waals surface area contributed by atoms with Gasteiger partial charge >= 0.3 is 6.09 Å². The van der Waals surface area contributed by atoms with Gasteiger partial charge in [0.25, 0.3) is 5.97 Å². The van der Waals surface area contributed by atoms with E-state index in [0.29, 0.717) is 12.5 Å². The molecule has 6 nitrogen and oxygen atoms in total. The van der Waals surface area contributed by atoms with Crippen LogP contribution in [0.3, 0.4) is 0 Å². The maximum absolute atomic E-state index is 11.4. The van der Waals surface area contributed by atoms with Gasteiger partial charge < -0.3 is 20.5 Å². The molecule has 0 aromatic heterocycles. The van der Waals surface area contributed by atoms with Crippen LogP contribution in [0.1, 0.15) is 27.7 Å². The lowest BCUT2D eigenvalue weighted by Gasteiger charge is -2.39. The van der Waals surface area contributed by atoms with E-state index >= 15 is 0 Å². The number of carbonyl (C=O) groups excluding carboxylic acids is 1. The molecule has 3 N–H and O–H groups in total. The van der Waals surface area contributed by atoms with Crippen LogP contribution >= 0.6 is 0 Å². The zero-order chi connectivity index (χ0) is 13.6. The molecule has 0 aromatic rings. The lowest BCUT2D eigenvalue weighted by molar-refractivity contribution is -0.134. The molecule has 0 unspecified atom stereocenters. The van der Waals surface area contributed by atoms with Crippen molar-refractivity contribution in [2.75, 3.05) is 19.6 Å². The van der Waals surface area contributed by atoms with Gasteiger partial charge in [-0.15, -0.1) is 0 Å². The summed E-state index contributed by atoms with van der Waals surface area (Å²) in [5.41, 5.74) is 5.05. The molecule has 0 saturated carbocycles. The quantitative estimate of drug-likeness (QED) is 0.717. The van der Waals surface area contributed by atoms with Gasteiger partial charge in [0, 0.05) is 25.9 Å².